The Hall–Kier alpha value is -6.46. The van der Waals surface area contributed by atoms with E-state index < -0.39 is 0 Å². The number of aromatic nitrogens is 1. The second kappa shape index (κ2) is 15.0. The Morgan fingerprint density at radius 3 is 1.72 bits per heavy atom. The first-order valence-corrected chi connectivity index (χ1v) is 28.3. The van der Waals surface area contributed by atoms with Gasteiger partial charge in [-0.05, 0) is 185 Å². The van der Waals surface area contributed by atoms with Crippen LogP contribution in [0.1, 0.15) is 181 Å². The minimum Gasteiger partial charge on any atom is -0.469 e. The second-order valence-electron chi connectivity index (χ2n) is 29.0. The average molecular weight is 998 g/mol. The molecule has 0 amide bonds. The van der Waals surface area contributed by atoms with Crippen LogP contribution < -0.4 is 16.4 Å². The predicted molar refractivity (Wildman–Crippen MR) is 324 cm³/mol. The SMILES string of the molecule is CC(C)(C)c1ccc(Nc2cc3c(cc2-c2c4c5c(c6cc7c(cc6n5-c5c(oc6ccc(C(C)(C)C)cc56)[B]4)C(C)(C)CCC7(C)C)c4oc5ccccc5c24)-c2cc4c(cc2C3(C)C)C(C)(C)CCC4(C)C)cc1. The number of hydrogen-bond donors (Lipinski definition) is 1. The minimum atomic E-state index is -0.243. The molecule has 0 atom stereocenters. The molecule has 1 N–H and O–H groups in total. The summed E-state index contributed by atoms with van der Waals surface area (Å²) >= 11 is 0. The van der Waals surface area contributed by atoms with E-state index in [9.17, 15) is 0 Å². The molecule has 4 nitrogen and oxygen atoms in total. The second-order valence-corrected chi connectivity index (χ2v) is 29.0. The molecule has 0 fully saturated rings. The van der Waals surface area contributed by atoms with Crippen LogP contribution in [0.15, 0.2) is 112 Å². The lowest BCUT2D eigenvalue weighted by molar-refractivity contribution is 0.331. The summed E-state index contributed by atoms with van der Waals surface area (Å²) in [4.78, 5) is 0. The van der Waals surface area contributed by atoms with Gasteiger partial charge in [0.25, 0.3) is 0 Å². The van der Waals surface area contributed by atoms with Gasteiger partial charge in [0, 0.05) is 43.9 Å². The summed E-state index contributed by atoms with van der Waals surface area (Å²) in [5.41, 5.74) is 26.5. The van der Waals surface area contributed by atoms with Gasteiger partial charge in [-0.25, -0.2) is 0 Å². The molecule has 1 radical (unpaired) electrons. The van der Waals surface area contributed by atoms with Gasteiger partial charge in [-0.3, -0.25) is 0 Å². The number of benzene rings is 7. The third-order valence-corrected chi connectivity index (χ3v) is 19.7. The first-order chi connectivity index (χ1) is 35.6. The van der Waals surface area contributed by atoms with Crippen molar-refractivity contribution in [1.29, 1.82) is 0 Å². The zero-order valence-electron chi connectivity index (χ0n) is 48.0. The average Bonchev–Trinajstić information content (AvgIpc) is 4.29. The molecule has 76 heavy (non-hydrogen) atoms. The monoisotopic (exact) mass is 998 g/mol. The Balaban J connectivity index is 1.16. The van der Waals surface area contributed by atoms with Crippen molar-refractivity contribution in [2.75, 3.05) is 5.32 Å². The zero-order valence-corrected chi connectivity index (χ0v) is 48.0. The standard InChI is InChI=1S/C71H74BN2O2/c1-65(2,3)38-21-24-40(25-22-38)73-53-36-48-42(43-33-49-51(35-47(43)71(48,15)16)69(11,12)29-27-67(49,7)8)32-44(53)57-58-41-19-17-18-20-55(41)75-63(58)59-45-34-50-52(70(13,14)30-28-68(50,9)10)37-54(45)74-61-46-31-39(66(4,5)6)23-26-56(46)76-64(61)72-60(57)62(59)74/h17-26,31-37,73H,27-30H2,1-16H3. The molecular weight excluding hydrogens is 924 g/mol. The molecule has 0 spiro atoms. The van der Waals surface area contributed by atoms with E-state index in [0.717, 1.165) is 85.1 Å². The van der Waals surface area contributed by atoms with Crippen molar-refractivity contribution in [2.24, 2.45) is 0 Å². The molecule has 7 aromatic carbocycles. The van der Waals surface area contributed by atoms with E-state index in [1.807, 2.05) is 0 Å². The first kappa shape index (κ1) is 48.0. The highest BCUT2D eigenvalue weighted by atomic mass is 16.3. The smallest absolute Gasteiger partial charge is 0.247 e. The number of anilines is 2. The van der Waals surface area contributed by atoms with E-state index in [0.29, 0.717) is 0 Å². The summed E-state index contributed by atoms with van der Waals surface area (Å²) in [7, 11) is 2.39. The lowest BCUT2D eigenvalue weighted by Gasteiger charge is -2.42. The molecule has 383 valence electrons. The van der Waals surface area contributed by atoms with Crippen molar-refractivity contribution < 1.29 is 8.83 Å². The minimum absolute atomic E-state index is 0.00426. The fraction of sp³-hybridized carbons (Fsp3) is 0.380. The van der Waals surface area contributed by atoms with Crippen LogP contribution in [0.5, 0.6) is 0 Å². The molecule has 14 rings (SSSR count). The molecule has 10 aromatic rings. The lowest BCUT2D eigenvalue weighted by atomic mass is 9.61. The molecule has 0 saturated heterocycles. The van der Waals surface area contributed by atoms with E-state index in [1.165, 1.54) is 90.3 Å². The van der Waals surface area contributed by atoms with Crippen molar-refractivity contribution in [3.63, 3.8) is 0 Å². The topological polar surface area (TPSA) is 43.2 Å². The molecule has 5 heteroatoms. The third-order valence-electron chi connectivity index (χ3n) is 19.7. The number of nitrogens with zero attached hydrogens (tertiary/aromatic N) is 1. The fourth-order valence-corrected chi connectivity index (χ4v) is 14.6. The number of para-hydroxylation sites is 1. The molecule has 1 aliphatic heterocycles. The lowest BCUT2D eigenvalue weighted by Crippen LogP contribution is -2.36. The molecule has 0 saturated carbocycles. The van der Waals surface area contributed by atoms with Crippen LogP contribution >= 0.6 is 0 Å². The van der Waals surface area contributed by atoms with Gasteiger partial charge in [-0.1, -0.05) is 153 Å². The van der Waals surface area contributed by atoms with Crippen LogP contribution in [0.4, 0.5) is 11.4 Å². The number of rotatable bonds is 3. The van der Waals surface area contributed by atoms with E-state index in [-0.39, 0.29) is 37.9 Å². The Morgan fingerprint density at radius 2 is 1.07 bits per heavy atom. The van der Waals surface area contributed by atoms with Gasteiger partial charge >= 0.3 is 0 Å². The highest BCUT2D eigenvalue weighted by Crippen LogP contribution is 2.58. The molecule has 0 bridgehead atoms. The highest BCUT2D eigenvalue weighted by molar-refractivity contribution is 6.74. The summed E-state index contributed by atoms with van der Waals surface area (Å²) in [6.45, 7) is 38.3. The van der Waals surface area contributed by atoms with Crippen LogP contribution in [-0.2, 0) is 37.9 Å². The van der Waals surface area contributed by atoms with Gasteiger partial charge in [-0.2, -0.15) is 0 Å². The number of hydrogen-bond acceptors (Lipinski definition) is 3. The van der Waals surface area contributed by atoms with Gasteiger partial charge in [0.1, 0.15) is 16.7 Å². The van der Waals surface area contributed by atoms with Crippen molar-refractivity contribution in [3.8, 4) is 27.9 Å². The van der Waals surface area contributed by atoms with Gasteiger partial charge < -0.3 is 18.7 Å². The maximum Gasteiger partial charge on any atom is 0.247 e. The number of nitrogens with one attached hydrogen (secondary N) is 1. The predicted octanol–water partition coefficient (Wildman–Crippen LogP) is 18.4. The van der Waals surface area contributed by atoms with Crippen molar-refractivity contribution in [1.82, 2.24) is 4.57 Å². The summed E-state index contributed by atoms with van der Waals surface area (Å²) in [5, 5.41) is 9.92. The molecule has 4 heterocycles. The van der Waals surface area contributed by atoms with Crippen LogP contribution in [0.2, 0.25) is 0 Å². The number of fused-ring (bicyclic) bond motifs is 16. The summed E-state index contributed by atoms with van der Waals surface area (Å²) in [5.74, 6) is 0. The summed E-state index contributed by atoms with van der Waals surface area (Å²) in [6, 6.07) is 40.2. The maximum absolute atomic E-state index is 7.45. The molecular formula is C71H74BN2O2. The summed E-state index contributed by atoms with van der Waals surface area (Å²) in [6.07, 6.45) is 4.62. The van der Waals surface area contributed by atoms with Crippen molar-refractivity contribution in [3.05, 3.63) is 148 Å². The Morgan fingerprint density at radius 1 is 0.500 bits per heavy atom. The quantitative estimate of drug-likeness (QED) is 0.179. The van der Waals surface area contributed by atoms with E-state index >= 15 is 0 Å². The van der Waals surface area contributed by atoms with Gasteiger partial charge in [0.2, 0.25) is 7.28 Å². The van der Waals surface area contributed by atoms with Gasteiger partial charge in [0.05, 0.1) is 27.8 Å². The Kier molecular flexibility index (Phi) is 9.44. The van der Waals surface area contributed by atoms with Crippen LogP contribution in [0.25, 0.3) is 82.7 Å². The Bertz CT molecular complexity index is 4200. The van der Waals surface area contributed by atoms with E-state index in [2.05, 4.69) is 231 Å². The molecule has 4 aliphatic rings. The van der Waals surface area contributed by atoms with Crippen molar-refractivity contribution >= 4 is 84.5 Å². The largest absolute Gasteiger partial charge is 0.469 e. The molecule has 3 aromatic heterocycles. The maximum atomic E-state index is 7.45. The van der Waals surface area contributed by atoms with Crippen LogP contribution in [0.3, 0.4) is 0 Å². The number of furan rings is 2. The normalized spacial score (nSPS) is 18.4. The van der Waals surface area contributed by atoms with Gasteiger partial charge in [-0.15, -0.1) is 0 Å². The van der Waals surface area contributed by atoms with Gasteiger partial charge in [0.15, 0.2) is 0 Å². The van der Waals surface area contributed by atoms with E-state index in [4.69, 9.17) is 8.83 Å². The van der Waals surface area contributed by atoms with Crippen molar-refractivity contribution in [2.45, 2.75) is 174 Å². The highest BCUT2D eigenvalue weighted by Gasteiger charge is 2.45. The third kappa shape index (κ3) is 6.56. The Labute approximate surface area is 450 Å². The van der Waals surface area contributed by atoms with Crippen LogP contribution in [-0.4, -0.2) is 11.8 Å². The fourth-order valence-electron chi connectivity index (χ4n) is 14.6. The van der Waals surface area contributed by atoms with E-state index in [1.54, 1.807) is 0 Å². The van der Waals surface area contributed by atoms with Crippen LogP contribution in [0, 0.1) is 0 Å². The zero-order chi connectivity index (χ0) is 53.3. The first-order valence-electron chi connectivity index (χ1n) is 28.3. The molecule has 3 aliphatic carbocycles. The summed E-state index contributed by atoms with van der Waals surface area (Å²) < 4.78 is 17.3. The molecule has 0 unspecified atom stereocenters.